The van der Waals surface area contributed by atoms with Crippen molar-refractivity contribution in [3.05, 3.63) is 70.3 Å². The Kier molecular flexibility index (Phi) is 3.69. The van der Waals surface area contributed by atoms with Gasteiger partial charge >= 0.3 is 0 Å². The van der Waals surface area contributed by atoms with E-state index in [1.807, 2.05) is 30.3 Å². The van der Waals surface area contributed by atoms with Gasteiger partial charge in [0.2, 0.25) is 0 Å². The number of hydrogen-bond donors (Lipinski definition) is 0. The molecule has 0 N–H and O–H groups in total. The van der Waals surface area contributed by atoms with Gasteiger partial charge in [0.05, 0.1) is 10.6 Å². The van der Waals surface area contributed by atoms with Gasteiger partial charge < -0.3 is 0 Å². The lowest BCUT2D eigenvalue weighted by Gasteiger charge is -1.98. The number of hydrogen-bond acceptors (Lipinski definition) is 3. The van der Waals surface area contributed by atoms with E-state index in [0.29, 0.717) is 10.9 Å². The standard InChI is InChI=1S/C13H9ClN2O2/c14-13(10-5-2-1-3-6-10)15-11-7-4-8-12(9-11)16(17)18/h1-9H. The third-order valence-corrected chi connectivity index (χ3v) is 2.58. The van der Waals surface area contributed by atoms with Gasteiger partial charge in [-0.3, -0.25) is 10.1 Å². The summed E-state index contributed by atoms with van der Waals surface area (Å²) in [7, 11) is 0. The van der Waals surface area contributed by atoms with Crippen LogP contribution in [-0.4, -0.2) is 10.1 Å². The Balaban J connectivity index is 2.33. The fourth-order valence-corrected chi connectivity index (χ4v) is 1.65. The number of nitrogens with zero attached hydrogens (tertiary/aromatic N) is 2. The summed E-state index contributed by atoms with van der Waals surface area (Å²) in [6.07, 6.45) is 0. The van der Waals surface area contributed by atoms with Crippen molar-refractivity contribution in [1.29, 1.82) is 0 Å². The van der Waals surface area contributed by atoms with Gasteiger partial charge in [0.25, 0.3) is 5.69 Å². The molecule has 0 saturated heterocycles. The van der Waals surface area contributed by atoms with E-state index < -0.39 is 4.92 Å². The van der Waals surface area contributed by atoms with Gasteiger partial charge in [-0.05, 0) is 6.07 Å². The van der Waals surface area contributed by atoms with Crippen molar-refractivity contribution in [2.75, 3.05) is 0 Å². The molecule has 0 aromatic heterocycles. The average molecular weight is 261 g/mol. The molecule has 2 aromatic carbocycles. The Bertz CT molecular complexity index is 597. The minimum Gasteiger partial charge on any atom is -0.258 e. The number of nitro groups is 1. The quantitative estimate of drug-likeness (QED) is 0.477. The van der Waals surface area contributed by atoms with Crippen molar-refractivity contribution in [3.63, 3.8) is 0 Å². The molecule has 0 amide bonds. The summed E-state index contributed by atoms with van der Waals surface area (Å²) >= 11 is 6.05. The van der Waals surface area contributed by atoms with Crippen LogP contribution in [0.15, 0.2) is 59.6 Å². The fourth-order valence-electron chi connectivity index (χ4n) is 1.43. The first kappa shape index (κ1) is 12.3. The third-order valence-electron chi connectivity index (χ3n) is 2.28. The van der Waals surface area contributed by atoms with E-state index in [2.05, 4.69) is 4.99 Å². The van der Waals surface area contributed by atoms with Crippen LogP contribution in [0.2, 0.25) is 0 Å². The van der Waals surface area contributed by atoms with Gasteiger partial charge in [-0.15, -0.1) is 0 Å². The molecule has 0 atom stereocenters. The second-order valence-electron chi connectivity index (χ2n) is 3.55. The van der Waals surface area contributed by atoms with E-state index in [9.17, 15) is 10.1 Å². The van der Waals surface area contributed by atoms with Crippen molar-refractivity contribution in [2.45, 2.75) is 0 Å². The van der Waals surface area contributed by atoms with E-state index in [1.54, 1.807) is 12.1 Å². The van der Waals surface area contributed by atoms with E-state index in [0.717, 1.165) is 5.56 Å². The zero-order valence-corrected chi connectivity index (χ0v) is 10.0. The summed E-state index contributed by atoms with van der Waals surface area (Å²) in [6.45, 7) is 0. The predicted molar refractivity (Wildman–Crippen MR) is 71.6 cm³/mol. The van der Waals surface area contributed by atoms with Crippen molar-refractivity contribution in [3.8, 4) is 0 Å². The second kappa shape index (κ2) is 5.42. The smallest absolute Gasteiger partial charge is 0.258 e. The number of benzene rings is 2. The highest BCUT2D eigenvalue weighted by atomic mass is 35.5. The number of aliphatic imine (C=N–C) groups is 1. The van der Waals surface area contributed by atoms with Crippen LogP contribution in [0.3, 0.4) is 0 Å². The molecule has 0 fully saturated rings. The van der Waals surface area contributed by atoms with Gasteiger partial charge in [-0.2, -0.15) is 0 Å². The maximum Gasteiger partial charge on any atom is 0.271 e. The average Bonchev–Trinajstić information content (AvgIpc) is 2.40. The number of nitro benzene ring substituents is 1. The van der Waals surface area contributed by atoms with Crippen LogP contribution in [0.5, 0.6) is 0 Å². The first-order valence-electron chi connectivity index (χ1n) is 5.21. The van der Waals surface area contributed by atoms with Crippen molar-refractivity contribution < 1.29 is 4.92 Å². The molecule has 0 spiro atoms. The van der Waals surface area contributed by atoms with Gasteiger partial charge in [0.1, 0.15) is 5.17 Å². The van der Waals surface area contributed by atoms with Crippen LogP contribution in [0.1, 0.15) is 5.56 Å². The fraction of sp³-hybridized carbons (Fsp3) is 0. The lowest BCUT2D eigenvalue weighted by molar-refractivity contribution is -0.384. The molecule has 0 bridgehead atoms. The molecule has 0 heterocycles. The Morgan fingerprint density at radius 3 is 2.50 bits per heavy atom. The van der Waals surface area contributed by atoms with Gasteiger partial charge in [-0.1, -0.05) is 48.0 Å². The minimum atomic E-state index is -0.463. The van der Waals surface area contributed by atoms with E-state index in [-0.39, 0.29) is 5.69 Å². The largest absolute Gasteiger partial charge is 0.271 e. The highest BCUT2D eigenvalue weighted by Crippen LogP contribution is 2.21. The van der Waals surface area contributed by atoms with Gasteiger partial charge in [0, 0.05) is 17.7 Å². The highest BCUT2D eigenvalue weighted by Gasteiger charge is 2.06. The molecule has 90 valence electrons. The SMILES string of the molecule is O=[N+]([O-])c1cccc(N=C(Cl)c2ccccc2)c1. The van der Waals surface area contributed by atoms with Crippen LogP contribution in [0, 0.1) is 10.1 Å². The summed E-state index contributed by atoms with van der Waals surface area (Å²) in [5.74, 6) is 0. The molecule has 0 unspecified atom stereocenters. The Hall–Kier alpha value is -2.20. The summed E-state index contributed by atoms with van der Waals surface area (Å²) in [4.78, 5) is 14.3. The number of non-ortho nitro benzene ring substituents is 1. The van der Waals surface area contributed by atoms with Crippen LogP contribution in [-0.2, 0) is 0 Å². The third kappa shape index (κ3) is 2.93. The lowest BCUT2D eigenvalue weighted by Crippen LogP contribution is -1.90. The summed E-state index contributed by atoms with van der Waals surface area (Å²) in [6, 6.07) is 15.2. The minimum absolute atomic E-state index is 0.00576. The normalized spacial score (nSPS) is 11.3. The molecule has 2 rings (SSSR count). The van der Waals surface area contributed by atoms with Gasteiger partial charge in [-0.25, -0.2) is 4.99 Å². The number of rotatable bonds is 3. The van der Waals surface area contributed by atoms with E-state index in [1.165, 1.54) is 12.1 Å². The molecule has 0 aliphatic rings. The van der Waals surface area contributed by atoms with Crippen LogP contribution in [0.25, 0.3) is 0 Å². The Morgan fingerprint density at radius 1 is 1.11 bits per heavy atom. The molecule has 5 heteroatoms. The van der Waals surface area contributed by atoms with Crippen LogP contribution < -0.4 is 0 Å². The molecular weight excluding hydrogens is 252 g/mol. The topological polar surface area (TPSA) is 55.5 Å². The van der Waals surface area contributed by atoms with Gasteiger partial charge in [0.15, 0.2) is 0 Å². The zero-order chi connectivity index (χ0) is 13.0. The maximum atomic E-state index is 10.6. The molecule has 0 saturated carbocycles. The number of halogens is 1. The summed E-state index contributed by atoms with van der Waals surface area (Å²) < 4.78 is 0. The first-order valence-corrected chi connectivity index (χ1v) is 5.58. The monoisotopic (exact) mass is 260 g/mol. The summed E-state index contributed by atoms with van der Waals surface area (Å²) in [5, 5.41) is 10.9. The maximum absolute atomic E-state index is 10.6. The zero-order valence-electron chi connectivity index (χ0n) is 9.29. The summed E-state index contributed by atoms with van der Waals surface area (Å²) in [5.41, 5.74) is 1.22. The van der Waals surface area contributed by atoms with Crippen molar-refractivity contribution in [1.82, 2.24) is 0 Å². The molecule has 0 radical (unpaired) electrons. The molecule has 2 aromatic rings. The van der Waals surface area contributed by atoms with Crippen LogP contribution >= 0.6 is 11.6 Å². The molecular formula is C13H9ClN2O2. The molecule has 18 heavy (non-hydrogen) atoms. The predicted octanol–water partition coefficient (Wildman–Crippen LogP) is 3.91. The Labute approximate surface area is 109 Å². The van der Waals surface area contributed by atoms with Crippen molar-refractivity contribution >= 4 is 28.1 Å². The van der Waals surface area contributed by atoms with Crippen molar-refractivity contribution in [2.24, 2.45) is 4.99 Å². The van der Waals surface area contributed by atoms with E-state index in [4.69, 9.17) is 11.6 Å². The first-order chi connectivity index (χ1) is 8.66. The lowest BCUT2D eigenvalue weighted by atomic mass is 10.2. The van der Waals surface area contributed by atoms with E-state index >= 15 is 0 Å². The second-order valence-corrected chi connectivity index (χ2v) is 3.90. The molecule has 0 aliphatic heterocycles. The molecule has 0 aliphatic carbocycles. The Morgan fingerprint density at radius 2 is 1.83 bits per heavy atom. The van der Waals surface area contributed by atoms with Crippen LogP contribution in [0.4, 0.5) is 11.4 Å². The molecule has 4 nitrogen and oxygen atoms in total. The highest BCUT2D eigenvalue weighted by molar-refractivity contribution is 6.69.